The lowest BCUT2D eigenvalue weighted by Gasteiger charge is -2.25. The third kappa shape index (κ3) is 2.83. The molecule has 1 aliphatic rings. The van der Waals surface area contributed by atoms with E-state index in [1.165, 1.54) is 7.11 Å². The molecule has 1 heterocycles. The Morgan fingerprint density at radius 3 is 2.38 bits per heavy atom. The number of nitrogens with zero attached hydrogens (tertiary/aromatic N) is 1. The van der Waals surface area contributed by atoms with Crippen LogP contribution in [0.2, 0.25) is 0 Å². The van der Waals surface area contributed by atoms with Crippen molar-refractivity contribution in [3.8, 4) is 5.75 Å². The number of para-hydroxylation sites is 1. The van der Waals surface area contributed by atoms with Crippen molar-refractivity contribution in [2.75, 3.05) is 13.7 Å². The molecule has 1 aliphatic heterocycles. The largest absolute Gasteiger partial charge is 0.496 e. The van der Waals surface area contributed by atoms with Gasteiger partial charge in [0.25, 0.3) is 5.91 Å². The molecule has 0 aliphatic carbocycles. The smallest absolute Gasteiger partial charge is 0.325 e. The molecule has 3 amide bonds. The van der Waals surface area contributed by atoms with Crippen LogP contribution in [0.15, 0.2) is 54.6 Å². The molecule has 1 atom stereocenters. The van der Waals surface area contributed by atoms with Crippen molar-refractivity contribution in [2.45, 2.75) is 18.9 Å². The average Bonchev–Trinajstić information content (AvgIpc) is 2.93. The Balaban J connectivity index is 1.89. The second-order valence-electron chi connectivity index (χ2n) is 6.07. The van der Waals surface area contributed by atoms with E-state index >= 15 is 0 Å². The molecule has 1 unspecified atom stereocenters. The molecule has 0 bridgehead atoms. The highest BCUT2D eigenvalue weighted by Gasteiger charge is 2.51. The number of methoxy groups -OCH3 is 1. The number of ether oxygens (including phenoxy) is 1. The highest BCUT2D eigenvalue weighted by molar-refractivity contribution is 6.11. The number of nitrogens with one attached hydrogen (secondary N) is 1. The first-order valence-electron chi connectivity index (χ1n) is 8.39. The first-order chi connectivity index (χ1) is 12.5. The number of hydrogen-bond acceptors (Lipinski definition) is 4. The number of rotatable bonds is 6. The van der Waals surface area contributed by atoms with Crippen molar-refractivity contribution in [1.82, 2.24) is 10.2 Å². The molecule has 2 aromatic carbocycles. The molecule has 6 heteroatoms. The topological polar surface area (TPSA) is 75.7 Å². The third-order valence-electron chi connectivity index (χ3n) is 4.68. The van der Waals surface area contributed by atoms with Gasteiger partial charge in [-0.15, -0.1) is 0 Å². The minimum atomic E-state index is -1.14. The highest BCUT2D eigenvalue weighted by Crippen LogP contribution is 2.32. The van der Waals surface area contributed by atoms with Gasteiger partial charge in [-0.2, -0.15) is 0 Å². The summed E-state index contributed by atoms with van der Waals surface area (Å²) >= 11 is 0. The Hall–Kier alpha value is -3.15. The van der Waals surface area contributed by atoms with E-state index in [2.05, 4.69) is 5.32 Å². The normalized spacial score (nSPS) is 19.4. The second-order valence-corrected chi connectivity index (χ2v) is 6.07. The summed E-state index contributed by atoms with van der Waals surface area (Å²) < 4.78 is 5.19. The van der Waals surface area contributed by atoms with Crippen LogP contribution in [0.3, 0.4) is 0 Å². The number of amides is 3. The molecule has 1 saturated heterocycles. The van der Waals surface area contributed by atoms with Gasteiger partial charge in [0.15, 0.2) is 5.78 Å². The maximum absolute atomic E-state index is 13.0. The van der Waals surface area contributed by atoms with Crippen LogP contribution in [-0.2, 0) is 10.3 Å². The molecular formula is C20H20N2O4. The van der Waals surface area contributed by atoms with Crippen molar-refractivity contribution in [3.63, 3.8) is 0 Å². The van der Waals surface area contributed by atoms with Crippen LogP contribution in [0.25, 0.3) is 0 Å². The van der Waals surface area contributed by atoms with Crippen LogP contribution < -0.4 is 10.1 Å². The molecule has 134 valence electrons. The summed E-state index contributed by atoms with van der Waals surface area (Å²) in [5.74, 6) is -0.361. The van der Waals surface area contributed by atoms with Gasteiger partial charge in [0.1, 0.15) is 11.3 Å². The summed E-state index contributed by atoms with van der Waals surface area (Å²) in [6.45, 7) is 1.50. The number of carbonyl (C=O) groups is 3. The van der Waals surface area contributed by atoms with E-state index in [1.807, 2.05) is 25.1 Å². The minimum Gasteiger partial charge on any atom is -0.496 e. The fourth-order valence-electron chi connectivity index (χ4n) is 3.24. The van der Waals surface area contributed by atoms with E-state index < -0.39 is 17.5 Å². The molecule has 26 heavy (non-hydrogen) atoms. The van der Waals surface area contributed by atoms with E-state index in [0.29, 0.717) is 23.3 Å². The van der Waals surface area contributed by atoms with Gasteiger partial charge < -0.3 is 10.1 Å². The van der Waals surface area contributed by atoms with Crippen LogP contribution in [0.5, 0.6) is 5.75 Å². The summed E-state index contributed by atoms with van der Waals surface area (Å²) in [7, 11) is 1.47. The van der Waals surface area contributed by atoms with Crippen molar-refractivity contribution in [2.24, 2.45) is 0 Å². The third-order valence-corrected chi connectivity index (χ3v) is 4.68. The highest BCUT2D eigenvalue weighted by atomic mass is 16.5. The number of urea groups is 1. The average molecular weight is 352 g/mol. The van der Waals surface area contributed by atoms with E-state index in [9.17, 15) is 14.4 Å². The van der Waals surface area contributed by atoms with Crippen LogP contribution in [0, 0.1) is 0 Å². The van der Waals surface area contributed by atoms with Gasteiger partial charge in [-0.1, -0.05) is 49.4 Å². The zero-order valence-corrected chi connectivity index (χ0v) is 14.7. The lowest BCUT2D eigenvalue weighted by molar-refractivity contribution is -0.131. The van der Waals surface area contributed by atoms with Gasteiger partial charge in [0, 0.05) is 0 Å². The van der Waals surface area contributed by atoms with Crippen LogP contribution >= 0.6 is 0 Å². The van der Waals surface area contributed by atoms with Crippen molar-refractivity contribution in [3.05, 3.63) is 65.7 Å². The predicted octanol–water partition coefficient (Wildman–Crippen LogP) is 2.74. The molecule has 2 aromatic rings. The molecule has 3 rings (SSSR count). The van der Waals surface area contributed by atoms with Crippen LogP contribution in [0.4, 0.5) is 4.79 Å². The van der Waals surface area contributed by atoms with Crippen LogP contribution in [-0.4, -0.2) is 36.3 Å². The van der Waals surface area contributed by atoms with Crippen LogP contribution in [0.1, 0.15) is 29.3 Å². The summed E-state index contributed by atoms with van der Waals surface area (Å²) in [4.78, 5) is 39.1. The number of imide groups is 1. The Morgan fingerprint density at radius 1 is 1.08 bits per heavy atom. The Morgan fingerprint density at radius 2 is 1.73 bits per heavy atom. The summed E-state index contributed by atoms with van der Waals surface area (Å²) in [5, 5.41) is 2.77. The zero-order valence-electron chi connectivity index (χ0n) is 14.7. The number of hydrogen-bond donors (Lipinski definition) is 1. The van der Waals surface area contributed by atoms with Gasteiger partial charge >= 0.3 is 6.03 Å². The number of ketones is 1. The monoisotopic (exact) mass is 352 g/mol. The Kier molecular flexibility index (Phi) is 4.75. The molecule has 0 radical (unpaired) electrons. The van der Waals surface area contributed by atoms with E-state index in [0.717, 1.165) is 4.90 Å². The Labute approximate surface area is 151 Å². The standard InChI is InChI=1S/C20H20N2O4/c1-3-20(14-9-5-4-6-10-14)18(24)22(19(25)21-20)13-16(23)15-11-7-8-12-17(15)26-2/h4-12H,3,13H2,1-2H3,(H,21,25). The fourth-order valence-corrected chi connectivity index (χ4v) is 3.24. The minimum absolute atomic E-state index is 0.334. The van der Waals surface area contributed by atoms with Gasteiger partial charge in [0.05, 0.1) is 19.2 Å². The predicted molar refractivity (Wildman–Crippen MR) is 96.0 cm³/mol. The van der Waals surface area contributed by atoms with Gasteiger partial charge in [-0.25, -0.2) is 4.79 Å². The molecule has 0 saturated carbocycles. The molecule has 1 N–H and O–H groups in total. The molecular weight excluding hydrogens is 332 g/mol. The van der Waals surface area contributed by atoms with Gasteiger partial charge in [0.2, 0.25) is 0 Å². The fraction of sp³-hybridized carbons (Fsp3) is 0.250. The maximum atomic E-state index is 13.0. The zero-order chi connectivity index (χ0) is 18.7. The molecule has 0 aromatic heterocycles. The maximum Gasteiger partial charge on any atom is 0.325 e. The lowest BCUT2D eigenvalue weighted by Crippen LogP contribution is -2.43. The first-order valence-corrected chi connectivity index (χ1v) is 8.39. The number of Topliss-reactive ketones (excluding diaryl/α,β-unsaturated/α-hetero) is 1. The molecule has 6 nitrogen and oxygen atoms in total. The summed E-state index contributed by atoms with van der Waals surface area (Å²) in [6.07, 6.45) is 0.390. The second kappa shape index (κ2) is 7.00. The number of benzene rings is 2. The van der Waals surface area contributed by atoms with E-state index in [4.69, 9.17) is 4.74 Å². The van der Waals surface area contributed by atoms with E-state index in [-0.39, 0.29) is 12.3 Å². The lowest BCUT2D eigenvalue weighted by atomic mass is 9.87. The van der Waals surface area contributed by atoms with Crippen molar-refractivity contribution in [1.29, 1.82) is 0 Å². The van der Waals surface area contributed by atoms with Crippen molar-refractivity contribution >= 4 is 17.7 Å². The summed E-state index contributed by atoms with van der Waals surface area (Å²) in [6, 6.07) is 15.2. The summed E-state index contributed by atoms with van der Waals surface area (Å²) in [5.41, 5.74) is -0.100. The number of carbonyl (C=O) groups excluding carboxylic acids is 3. The van der Waals surface area contributed by atoms with Gasteiger partial charge in [-0.05, 0) is 24.1 Å². The molecule has 1 fully saturated rings. The van der Waals surface area contributed by atoms with E-state index in [1.54, 1.807) is 36.4 Å². The molecule has 0 spiro atoms. The first kappa shape index (κ1) is 17.7. The Bertz CT molecular complexity index is 850. The van der Waals surface area contributed by atoms with Crippen molar-refractivity contribution < 1.29 is 19.1 Å². The quantitative estimate of drug-likeness (QED) is 0.641. The SMILES string of the molecule is CCC1(c2ccccc2)NC(=O)N(CC(=O)c2ccccc2OC)C1=O. The van der Waals surface area contributed by atoms with Gasteiger partial charge in [-0.3, -0.25) is 14.5 Å².